The molecule has 2 aromatic rings. The fourth-order valence-electron chi connectivity index (χ4n) is 3.28. The fraction of sp³-hybridized carbons (Fsp3) is 0.478. The highest BCUT2D eigenvalue weighted by Crippen LogP contribution is 2.49. The van der Waals surface area contributed by atoms with Crippen LogP contribution in [-0.2, 0) is 6.42 Å². The lowest BCUT2D eigenvalue weighted by Gasteiger charge is -2.11. The molecule has 1 heterocycles. The first kappa shape index (κ1) is 20.4. The number of hydrogen-bond donors (Lipinski definition) is 0. The van der Waals surface area contributed by atoms with E-state index in [-0.39, 0.29) is 0 Å². The van der Waals surface area contributed by atoms with Crippen molar-refractivity contribution in [3.8, 4) is 23.1 Å². The van der Waals surface area contributed by atoms with E-state index < -0.39 is 8.07 Å². The molecule has 1 aromatic heterocycles. The number of benzene rings is 1. The molecular formula is C23H30N2O2Si. The molecule has 1 aromatic carbocycles. The summed E-state index contributed by atoms with van der Waals surface area (Å²) in [7, 11) is 0.252. The highest BCUT2D eigenvalue weighted by atomic mass is 28.3. The molecule has 28 heavy (non-hydrogen) atoms. The fourth-order valence-corrected chi connectivity index (χ4v) is 3.79. The molecule has 1 saturated carbocycles. The van der Waals surface area contributed by atoms with Gasteiger partial charge in [0.2, 0.25) is 5.88 Å². The SMILES string of the molecule is CCc1cc(OC)ccc1C1CC1COc1nc(C)ncc1C#C[Si](C)(C)C. The van der Waals surface area contributed by atoms with E-state index in [1.54, 1.807) is 13.3 Å². The van der Waals surface area contributed by atoms with E-state index in [9.17, 15) is 0 Å². The summed E-state index contributed by atoms with van der Waals surface area (Å²) < 4.78 is 11.5. The average molecular weight is 395 g/mol. The van der Waals surface area contributed by atoms with Gasteiger partial charge in [0.05, 0.1) is 19.9 Å². The smallest absolute Gasteiger partial charge is 0.232 e. The Balaban J connectivity index is 1.69. The Kier molecular flexibility index (Phi) is 6.10. The topological polar surface area (TPSA) is 44.2 Å². The van der Waals surface area contributed by atoms with Crippen molar-refractivity contribution in [2.45, 2.75) is 52.2 Å². The molecule has 1 aliphatic rings. The summed E-state index contributed by atoms with van der Waals surface area (Å²) in [6.07, 6.45) is 3.95. The molecule has 0 N–H and O–H groups in total. The summed E-state index contributed by atoms with van der Waals surface area (Å²) in [5, 5.41) is 0. The molecule has 0 radical (unpaired) electrons. The minimum atomic E-state index is -1.46. The van der Waals surface area contributed by atoms with E-state index >= 15 is 0 Å². The van der Waals surface area contributed by atoms with Gasteiger partial charge in [-0.3, -0.25) is 0 Å². The number of hydrogen-bond acceptors (Lipinski definition) is 4. The maximum Gasteiger partial charge on any atom is 0.232 e. The van der Waals surface area contributed by atoms with Crippen LogP contribution in [0.3, 0.4) is 0 Å². The molecule has 148 valence electrons. The predicted octanol–water partition coefficient (Wildman–Crippen LogP) is 4.77. The molecule has 3 rings (SSSR count). The molecule has 2 unspecified atom stereocenters. The number of aromatic nitrogens is 2. The van der Waals surface area contributed by atoms with Gasteiger partial charge in [0.1, 0.15) is 25.2 Å². The molecule has 5 heteroatoms. The quantitative estimate of drug-likeness (QED) is 0.523. The predicted molar refractivity (Wildman–Crippen MR) is 116 cm³/mol. The zero-order valence-electron chi connectivity index (χ0n) is 17.8. The molecule has 2 atom stereocenters. The van der Waals surface area contributed by atoms with Gasteiger partial charge < -0.3 is 9.47 Å². The van der Waals surface area contributed by atoms with Crippen molar-refractivity contribution in [3.63, 3.8) is 0 Å². The second-order valence-electron chi connectivity index (χ2n) is 8.47. The third-order valence-corrected chi connectivity index (χ3v) is 5.81. The summed E-state index contributed by atoms with van der Waals surface area (Å²) in [5.74, 6) is 6.58. The first-order valence-corrected chi connectivity index (χ1v) is 13.5. The van der Waals surface area contributed by atoms with Crippen molar-refractivity contribution in [1.82, 2.24) is 9.97 Å². The Morgan fingerprint density at radius 2 is 2.04 bits per heavy atom. The van der Waals surface area contributed by atoms with Crippen LogP contribution in [-0.4, -0.2) is 31.8 Å². The Bertz CT molecular complexity index is 909. The molecule has 0 aliphatic heterocycles. The van der Waals surface area contributed by atoms with Crippen molar-refractivity contribution >= 4 is 8.07 Å². The lowest BCUT2D eigenvalue weighted by Crippen LogP contribution is -2.16. The largest absolute Gasteiger partial charge is 0.497 e. The molecule has 0 bridgehead atoms. The Morgan fingerprint density at radius 1 is 1.25 bits per heavy atom. The van der Waals surface area contributed by atoms with Gasteiger partial charge >= 0.3 is 0 Å². The van der Waals surface area contributed by atoms with Crippen LogP contribution in [0.2, 0.25) is 19.6 Å². The van der Waals surface area contributed by atoms with Crippen LogP contribution in [0, 0.1) is 24.3 Å². The van der Waals surface area contributed by atoms with E-state index in [1.807, 2.05) is 6.92 Å². The Morgan fingerprint density at radius 3 is 2.71 bits per heavy atom. The third-order valence-electron chi connectivity index (χ3n) is 4.93. The van der Waals surface area contributed by atoms with E-state index in [0.29, 0.717) is 30.1 Å². The highest BCUT2D eigenvalue weighted by Gasteiger charge is 2.40. The number of nitrogens with zero attached hydrogens (tertiary/aromatic N) is 2. The molecule has 1 aliphatic carbocycles. The summed E-state index contributed by atoms with van der Waals surface area (Å²) in [6.45, 7) is 11.4. The van der Waals surface area contributed by atoms with Gasteiger partial charge in [-0.2, -0.15) is 4.98 Å². The third kappa shape index (κ3) is 5.14. The van der Waals surface area contributed by atoms with Gasteiger partial charge in [0, 0.05) is 5.92 Å². The van der Waals surface area contributed by atoms with Crippen molar-refractivity contribution in [2.24, 2.45) is 5.92 Å². The maximum atomic E-state index is 6.11. The standard InChI is InChI=1S/C23H30N2O2Si/c1-7-17-12-20(26-3)8-9-21(17)22-13-19(22)15-27-23-18(10-11-28(4,5)6)14-24-16(2)25-23/h8-9,12,14,19,22H,7,13,15H2,1-6H3. The summed E-state index contributed by atoms with van der Waals surface area (Å²) in [6, 6.07) is 6.42. The van der Waals surface area contributed by atoms with Crippen molar-refractivity contribution in [3.05, 3.63) is 46.9 Å². The van der Waals surface area contributed by atoms with Crippen LogP contribution in [0.25, 0.3) is 0 Å². The monoisotopic (exact) mass is 394 g/mol. The van der Waals surface area contributed by atoms with E-state index in [0.717, 1.165) is 24.2 Å². The normalized spacial score (nSPS) is 18.2. The minimum absolute atomic E-state index is 0.520. The van der Waals surface area contributed by atoms with Gasteiger partial charge in [-0.25, -0.2) is 4.98 Å². The first-order chi connectivity index (χ1) is 13.3. The Hall–Kier alpha value is -2.32. The Labute approximate surface area is 169 Å². The van der Waals surface area contributed by atoms with Gasteiger partial charge in [-0.1, -0.05) is 38.6 Å². The van der Waals surface area contributed by atoms with Crippen molar-refractivity contribution in [1.29, 1.82) is 0 Å². The van der Waals surface area contributed by atoms with Crippen LogP contribution in [0.4, 0.5) is 0 Å². The number of rotatable bonds is 6. The molecule has 0 spiro atoms. The van der Waals surface area contributed by atoms with Gasteiger partial charge in [-0.15, -0.1) is 5.54 Å². The van der Waals surface area contributed by atoms with Gasteiger partial charge in [-0.05, 0) is 48.9 Å². The van der Waals surface area contributed by atoms with Gasteiger partial charge in [0.25, 0.3) is 0 Å². The lowest BCUT2D eigenvalue weighted by atomic mass is 10.00. The van der Waals surface area contributed by atoms with Crippen LogP contribution < -0.4 is 9.47 Å². The maximum absolute atomic E-state index is 6.11. The van der Waals surface area contributed by atoms with Crippen molar-refractivity contribution in [2.75, 3.05) is 13.7 Å². The van der Waals surface area contributed by atoms with Crippen molar-refractivity contribution < 1.29 is 9.47 Å². The summed E-state index contributed by atoms with van der Waals surface area (Å²) in [5.41, 5.74) is 6.97. The van der Waals surface area contributed by atoms with E-state index in [4.69, 9.17) is 9.47 Å². The second kappa shape index (κ2) is 8.36. The van der Waals surface area contributed by atoms with Crippen LogP contribution in [0.15, 0.2) is 24.4 Å². The second-order valence-corrected chi connectivity index (χ2v) is 13.2. The number of ether oxygens (including phenoxy) is 2. The molecule has 4 nitrogen and oxygen atoms in total. The zero-order valence-corrected chi connectivity index (χ0v) is 18.8. The summed E-state index contributed by atoms with van der Waals surface area (Å²) >= 11 is 0. The minimum Gasteiger partial charge on any atom is -0.497 e. The van der Waals surface area contributed by atoms with E-state index in [1.165, 1.54) is 11.1 Å². The summed E-state index contributed by atoms with van der Waals surface area (Å²) in [4.78, 5) is 8.79. The first-order valence-electron chi connectivity index (χ1n) is 9.97. The van der Waals surface area contributed by atoms with E-state index in [2.05, 4.69) is 66.2 Å². The molecule has 0 amide bonds. The lowest BCUT2D eigenvalue weighted by molar-refractivity contribution is 0.283. The van der Waals surface area contributed by atoms with Crippen LogP contribution in [0.1, 0.15) is 41.8 Å². The molecule has 0 saturated heterocycles. The molecule has 1 fully saturated rings. The highest BCUT2D eigenvalue weighted by molar-refractivity contribution is 6.83. The molecular weight excluding hydrogens is 364 g/mol. The van der Waals surface area contributed by atoms with Crippen LogP contribution >= 0.6 is 0 Å². The zero-order chi connectivity index (χ0) is 20.3. The van der Waals surface area contributed by atoms with Crippen LogP contribution in [0.5, 0.6) is 11.6 Å². The number of aryl methyl sites for hydroxylation is 2. The number of methoxy groups -OCH3 is 1. The average Bonchev–Trinajstić information content (AvgIpc) is 3.43. The van der Waals surface area contributed by atoms with Gasteiger partial charge in [0.15, 0.2) is 0 Å².